The third-order valence-electron chi connectivity index (χ3n) is 1.90. The van der Waals surface area contributed by atoms with Crippen molar-refractivity contribution in [1.29, 1.82) is 0 Å². The molecule has 0 saturated carbocycles. The lowest BCUT2D eigenvalue weighted by Crippen LogP contribution is -2.08. The van der Waals surface area contributed by atoms with E-state index >= 15 is 0 Å². The Labute approximate surface area is 90.2 Å². The van der Waals surface area contributed by atoms with Crippen molar-refractivity contribution in [3.05, 3.63) is 11.8 Å². The smallest absolute Gasteiger partial charge is 0.242 e. The molecule has 1 aromatic heterocycles. The molecule has 0 aliphatic heterocycles. The van der Waals surface area contributed by atoms with Crippen molar-refractivity contribution in [3.8, 4) is 0 Å². The van der Waals surface area contributed by atoms with Crippen molar-refractivity contribution in [2.45, 2.75) is 32.8 Å². The van der Waals surface area contributed by atoms with Gasteiger partial charge in [-0.15, -0.1) is 10.2 Å². The highest BCUT2D eigenvalue weighted by molar-refractivity contribution is 4.80. The third kappa shape index (κ3) is 4.90. The molecule has 0 aliphatic rings. The molecule has 5 heteroatoms. The van der Waals surface area contributed by atoms with E-state index in [4.69, 9.17) is 9.15 Å². The molecule has 0 amide bonds. The number of nitrogens with zero attached hydrogens (tertiary/aromatic N) is 2. The maximum absolute atomic E-state index is 5.40. The average molecular weight is 213 g/mol. The summed E-state index contributed by atoms with van der Waals surface area (Å²) in [5, 5.41) is 10.9. The minimum atomic E-state index is 0.423. The lowest BCUT2D eigenvalue weighted by Gasteiger charge is -1.96. The molecule has 0 aromatic carbocycles. The molecule has 86 valence electrons. The van der Waals surface area contributed by atoms with E-state index in [1.165, 1.54) is 0 Å². The monoisotopic (exact) mass is 213 g/mol. The van der Waals surface area contributed by atoms with Gasteiger partial charge in [-0.2, -0.15) is 0 Å². The molecule has 0 spiro atoms. The number of rotatable bonds is 8. The van der Waals surface area contributed by atoms with Gasteiger partial charge in [0.05, 0.1) is 0 Å². The zero-order valence-corrected chi connectivity index (χ0v) is 9.45. The number of hydrogen-bond acceptors (Lipinski definition) is 5. The van der Waals surface area contributed by atoms with Gasteiger partial charge in [0.15, 0.2) is 0 Å². The maximum atomic E-state index is 5.40. The number of aromatic nitrogens is 2. The number of nitrogens with one attached hydrogen (secondary N) is 1. The van der Waals surface area contributed by atoms with Gasteiger partial charge in [-0.1, -0.05) is 6.92 Å². The quantitative estimate of drug-likeness (QED) is 0.656. The summed E-state index contributed by atoms with van der Waals surface area (Å²) in [4.78, 5) is 0. The molecule has 15 heavy (non-hydrogen) atoms. The van der Waals surface area contributed by atoms with Crippen LogP contribution in [-0.2, 0) is 17.8 Å². The summed E-state index contributed by atoms with van der Waals surface area (Å²) in [5.41, 5.74) is 0. The SMILES string of the molecule is CCCOCc1nnc(CCCNC)o1. The van der Waals surface area contributed by atoms with Crippen LogP contribution in [0.2, 0.25) is 0 Å². The fourth-order valence-corrected chi connectivity index (χ4v) is 1.17. The predicted octanol–water partition coefficient (Wildman–Crippen LogP) is 1.15. The Balaban J connectivity index is 2.23. The van der Waals surface area contributed by atoms with E-state index in [0.29, 0.717) is 18.4 Å². The molecule has 1 rings (SSSR count). The van der Waals surface area contributed by atoms with Crippen molar-refractivity contribution in [3.63, 3.8) is 0 Å². The van der Waals surface area contributed by atoms with Crippen molar-refractivity contribution < 1.29 is 9.15 Å². The first-order valence-electron chi connectivity index (χ1n) is 5.40. The molecule has 1 heterocycles. The highest BCUT2D eigenvalue weighted by atomic mass is 16.5. The molecule has 1 aromatic rings. The zero-order valence-electron chi connectivity index (χ0n) is 9.45. The van der Waals surface area contributed by atoms with Crippen molar-refractivity contribution in [1.82, 2.24) is 15.5 Å². The Morgan fingerprint density at radius 3 is 2.87 bits per heavy atom. The fraction of sp³-hybridized carbons (Fsp3) is 0.800. The van der Waals surface area contributed by atoms with E-state index in [1.54, 1.807) is 0 Å². The minimum Gasteiger partial charge on any atom is -0.423 e. The summed E-state index contributed by atoms with van der Waals surface area (Å²) < 4.78 is 10.7. The Morgan fingerprint density at radius 2 is 2.13 bits per heavy atom. The van der Waals surface area contributed by atoms with Gasteiger partial charge in [-0.25, -0.2) is 0 Å². The van der Waals surface area contributed by atoms with Crippen LogP contribution in [0.3, 0.4) is 0 Å². The first-order valence-corrected chi connectivity index (χ1v) is 5.40. The summed E-state index contributed by atoms with van der Waals surface area (Å²) in [7, 11) is 1.93. The molecule has 0 unspecified atom stereocenters. The summed E-state index contributed by atoms with van der Waals surface area (Å²) in [5.74, 6) is 1.27. The van der Waals surface area contributed by atoms with Crippen LogP contribution >= 0.6 is 0 Å². The first kappa shape index (κ1) is 12.1. The number of ether oxygens (including phenoxy) is 1. The van der Waals surface area contributed by atoms with Crippen LogP contribution in [0.4, 0.5) is 0 Å². The Kier molecular flexibility index (Phi) is 5.96. The molecular formula is C10H19N3O2. The standard InChI is InChI=1S/C10H19N3O2/c1-3-7-14-8-10-13-12-9(15-10)5-4-6-11-2/h11H,3-8H2,1-2H3. The molecule has 1 N–H and O–H groups in total. The van der Waals surface area contributed by atoms with Crippen molar-refractivity contribution in [2.24, 2.45) is 0 Å². The van der Waals surface area contributed by atoms with E-state index in [1.807, 2.05) is 7.05 Å². The second kappa shape index (κ2) is 7.36. The molecular weight excluding hydrogens is 194 g/mol. The lowest BCUT2D eigenvalue weighted by atomic mass is 10.3. The zero-order chi connectivity index (χ0) is 10.9. The van der Waals surface area contributed by atoms with E-state index in [-0.39, 0.29) is 0 Å². The normalized spacial score (nSPS) is 10.8. The molecule has 0 saturated heterocycles. The molecule has 0 bridgehead atoms. The van der Waals surface area contributed by atoms with Crippen LogP contribution in [0, 0.1) is 0 Å². The van der Waals surface area contributed by atoms with Crippen LogP contribution in [0.15, 0.2) is 4.42 Å². The largest absolute Gasteiger partial charge is 0.423 e. The fourth-order valence-electron chi connectivity index (χ4n) is 1.17. The first-order chi connectivity index (χ1) is 7.36. The summed E-state index contributed by atoms with van der Waals surface area (Å²) in [6.07, 6.45) is 2.83. The van der Waals surface area contributed by atoms with Crippen LogP contribution in [0.1, 0.15) is 31.5 Å². The summed E-state index contributed by atoms with van der Waals surface area (Å²) in [6.45, 7) is 4.19. The molecule has 0 fully saturated rings. The second-order valence-electron chi connectivity index (χ2n) is 3.35. The minimum absolute atomic E-state index is 0.423. The van der Waals surface area contributed by atoms with Gasteiger partial charge < -0.3 is 14.5 Å². The van der Waals surface area contributed by atoms with E-state index in [2.05, 4.69) is 22.4 Å². The van der Waals surface area contributed by atoms with Gasteiger partial charge >= 0.3 is 0 Å². The van der Waals surface area contributed by atoms with Gasteiger partial charge in [0.2, 0.25) is 11.8 Å². The predicted molar refractivity (Wildman–Crippen MR) is 56.5 cm³/mol. The van der Waals surface area contributed by atoms with E-state index in [0.717, 1.165) is 32.4 Å². The molecule has 0 radical (unpaired) electrons. The molecule has 5 nitrogen and oxygen atoms in total. The summed E-state index contributed by atoms with van der Waals surface area (Å²) in [6, 6.07) is 0. The van der Waals surface area contributed by atoms with Gasteiger partial charge in [-0.05, 0) is 26.4 Å². The highest BCUT2D eigenvalue weighted by Gasteiger charge is 2.05. The Bertz CT molecular complexity index is 238. The van der Waals surface area contributed by atoms with Gasteiger partial charge in [0.1, 0.15) is 6.61 Å². The maximum Gasteiger partial charge on any atom is 0.242 e. The van der Waals surface area contributed by atoms with Crippen LogP contribution < -0.4 is 5.32 Å². The third-order valence-corrected chi connectivity index (χ3v) is 1.90. The Hall–Kier alpha value is -0.940. The van der Waals surface area contributed by atoms with Crippen molar-refractivity contribution >= 4 is 0 Å². The Morgan fingerprint density at radius 1 is 1.33 bits per heavy atom. The summed E-state index contributed by atoms with van der Waals surface area (Å²) >= 11 is 0. The van der Waals surface area contributed by atoms with Crippen LogP contribution in [-0.4, -0.2) is 30.4 Å². The van der Waals surface area contributed by atoms with Gasteiger partial charge in [0.25, 0.3) is 0 Å². The van der Waals surface area contributed by atoms with E-state index in [9.17, 15) is 0 Å². The average Bonchev–Trinajstić information content (AvgIpc) is 2.67. The lowest BCUT2D eigenvalue weighted by molar-refractivity contribution is 0.102. The van der Waals surface area contributed by atoms with E-state index < -0.39 is 0 Å². The highest BCUT2D eigenvalue weighted by Crippen LogP contribution is 2.03. The number of aryl methyl sites for hydroxylation is 1. The molecule has 0 aliphatic carbocycles. The van der Waals surface area contributed by atoms with Crippen LogP contribution in [0.25, 0.3) is 0 Å². The van der Waals surface area contributed by atoms with Gasteiger partial charge in [0, 0.05) is 13.0 Å². The number of hydrogen-bond donors (Lipinski definition) is 1. The second-order valence-corrected chi connectivity index (χ2v) is 3.35. The molecule has 0 atom stereocenters. The van der Waals surface area contributed by atoms with Crippen molar-refractivity contribution in [2.75, 3.05) is 20.2 Å². The van der Waals surface area contributed by atoms with Gasteiger partial charge in [-0.3, -0.25) is 0 Å². The van der Waals surface area contributed by atoms with Crippen LogP contribution in [0.5, 0.6) is 0 Å². The topological polar surface area (TPSA) is 60.2 Å².